The molecule has 0 aromatic heterocycles. The van der Waals surface area contributed by atoms with E-state index in [0.29, 0.717) is 32.5 Å². The topological polar surface area (TPSA) is 49.4 Å². The lowest BCUT2D eigenvalue weighted by Crippen LogP contribution is -2.61. The second kappa shape index (κ2) is 5.47. The van der Waals surface area contributed by atoms with E-state index in [1.54, 1.807) is 4.90 Å². The van der Waals surface area contributed by atoms with Gasteiger partial charge in [0.15, 0.2) is 0 Å². The molecule has 1 atom stereocenters. The summed E-state index contributed by atoms with van der Waals surface area (Å²) in [6, 6.07) is 9.58. The average molecular weight is 290 g/mol. The van der Waals surface area contributed by atoms with E-state index in [4.69, 9.17) is 0 Å². The number of carbonyl (C=O) groups is 2. The summed E-state index contributed by atoms with van der Waals surface area (Å²) in [7, 11) is 0. The zero-order valence-electron chi connectivity index (χ0n) is 11.8. The third-order valence-electron chi connectivity index (χ3n) is 4.56. The van der Waals surface area contributed by atoms with Crippen molar-refractivity contribution in [1.29, 1.82) is 0 Å². The normalized spacial score (nSPS) is 26.1. The van der Waals surface area contributed by atoms with Crippen LogP contribution in [0.5, 0.6) is 0 Å². The number of benzene rings is 1. The van der Waals surface area contributed by atoms with E-state index in [1.165, 1.54) is 0 Å². The van der Waals surface area contributed by atoms with Crippen molar-refractivity contribution >= 4 is 11.8 Å². The predicted octanol–water partition coefficient (Wildman–Crippen LogP) is 1.26. The molecular weight excluding hydrogens is 271 g/mol. The molecule has 2 aliphatic heterocycles. The molecule has 4 nitrogen and oxygen atoms in total. The highest BCUT2D eigenvalue weighted by Crippen LogP contribution is 2.35. The first kappa shape index (κ1) is 14.0. The third-order valence-corrected chi connectivity index (χ3v) is 4.56. The fraction of sp³-hybridized carbons (Fsp3) is 0.500. The molecule has 0 aliphatic carbocycles. The van der Waals surface area contributed by atoms with Crippen LogP contribution in [0, 0.1) is 5.92 Å². The summed E-state index contributed by atoms with van der Waals surface area (Å²) >= 11 is 0. The van der Waals surface area contributed by atoms with Crippen molar-refractivity contribution in [2.75, 3.05) is 26.3 Å². The number of hydrogen-bond acceptors (Lipinski definition) is 2. The van der Waals surface area contributed by atoms with Gasteiger partial charge < -0.3 is 10.2 Å². The lowest BCUT2D eigenvalue weighted by Gasteiger charge is -2.46. The summed E-state index contributed by atoms with van der Waals surface area (Å²) in [5.41, 5.74) is 0.231. The Morgan fingerprint density at radius 2 is 2.05 bits per heavy atom. The zero-order valence-corrected chi connectivity index (χ0v) is 11.8. The molecular formula is C16H19FN2O2. The molecule has 21 heavy (non-hydrogen) atoms. The number of alkyl halides is 1. The van der Waals surface area contributed by atoms with Crippen molar-refractivity contribution in [3.05, 3.63) is 35.9 Å². The molecule has 1 aromatic carbocycles. The molecule has 0 bridgehead atoms. The van der Waals surface area contributed by atoms with E-state index >= 15 is 0 Å². The van der Waals surface area contributed by atoms with Crippen LogP contribution in [0.3, 0.4) is 0 Å². The highest BCUT2D eigenvalue weighted by Gasteiger charge is 2.47. The Labute approximate surface area is 123 Å². The van der Waals surface area contributed by atoms with Gasteiger partial charge in [-0.1, -0.05) is 30.3 Å². The highest BCUT2D eigenvalue weighted by molar-refractivity contribution is 5.92. The zero-order chi connectivity index (χ0) is 14.9. The SMILES string of the molecule is O=C1CCC(C(=O)N2CC(CF)C2)(c2ccccc2)CN1. The van der Waals surface area contributed by atoms with Crippen molar-refractivity contribution in [1.82, 2.24) is 10.2 Å². The molecule has 2 amide bonds. The monoisotopic (exact) mass is 290 g/mol. The molecule has 112 valence electrons. The van der Waals surface area contributed by atoms with Crippen LogP contribution in [-0.4, -0.2) is 43.0 Å². The van der Waals surface area contributed by atoms with Crippen molar-refractivity contribution in [2.24, 2.45) is 5.92 Å². The van der Waals surface area contributed by atoms with Gasteiger partial charge in [0.25, 0.3) is 0 Å². The number of amides is 2. The Morgan fingerprint density at radius 1 is 1.33 bits per heavy atom. The van der Waals surface area contributed by atoms with E-state index in [-0.39, 0.29) is 24.4 Å². The number of piperidine rings is 1. The standard InChI is InChI=1S/C16H19FN2O2/c17-8-12-9-19(10-12)15(21)16(7-6-14(20)18-11-16)13-4-2-1-3-5-13/h1-5,12H,6-11H2,(H,18,20). The van der Waals surface area contributed by atoms with E-state index in [0.717, 1.165) is 5.56 Å². The smallest absolute Gasteiger partial charge is 0.235 e. The lowest BCUT2D eigenvalue weighted by atomic mass is 9.72. The van der Waals surface area contributed by atoms with Crippen molar-refractivity contribution in [3.8, 4) is 0 Å². The minimum Gasteiger partial charge on any atom is -0.355 e. The summed E-state index contributed by atoms with van der Waals surface area (Å²) in [6.45, 7) is 0.917. The highest BCUT2D eigenvalue weighted by atomic mass is 19.1. The van der Waals surface area contributed by atoms with Gasteiger partial charge in [-0.3, -0.25) is 14.0 Å². The first-order chi connectivity index (χ1) is 10.2. The van der Waals surface area contributed by atoms with Gasteiger partial charge in [-0.15, -0.1) is 0 Å². The van der Waals surface area contributed by atoms with Gasteiger partial charge in [0.05, 0.1) is 12.1 Å². The number of likely N-dealkylation sites (tertiary alicyclic amines) is 1. The van der Waals surface area contributed by atoms with Crippen LogP contribution in [0.25, 0.3) is 0 Å². The van der Waals surface area contributed by atoms with Crippen LogP contribution < -0.4 is 5.32 Å². The summed E-state index contributed by atoms with van der Waals surface area (Å²) in [6.07, 6.45) is 0.861. The number of nitrogens with zero attached hydrogens (tertiary/aromatic N) is 1. The van der Waals surface area contributed by atoms with Crippen LogP contribution in [0.4, 0.5) is 4.39 Å². The Hall–Kier alpha value is -1.91. The molecule has 2 heterocycles. The molecule has 1 unspecified atom stereocenters. The molecule has 0 spiro atoms. The lowest BCUT2D eigenvalue weighted by molar-refractivity contribution is -0.146. The van der Waals surface area contributed by atoms with E-state index in [2.05, 4.69) is 5.32 Å². The summed E-state index contributed by atoms with van der Waals surface area (Å²) in [4.78, 5) is 26.1. The molecule has 2 aliphatic rings. The van der Waals surface area contributed by atoms with Gasteiger partial charge in [-0.05, 0) is 12.0 Å². The molecule has 1 aromatic rings. The van der Waals surface area contributed by atoms with Crippen LogP contribution in [-0.2, 0) is 15.0 Å². The van der Waals surface area contributed by atoms with Crippen LogP contribution in [0.1, 0.15) is 18.4 Å². The van der Waals surface area contributed by atoms with Gasteiger partial charge in [0.2, 0.25) is 11.8 Å². The van der Waals surface area contributed by atoms with Gasteiger partial charge in [-0.2, -0.15) is 0 Å². The van der Waals surface area contributed by atoms with Crippen molar-refractivity contribution in [3.63, 3.8) is 0 Å². The number of halogens is 1. The number of rotatable bonds is 3. The first-order valence-corrected chi connectivity index (χ1v) is 7.33. The molecule has 3 rings (SSSR count). The molecule has 2 saturated heterocycles. The predicted molar refractivity (Wildman–Crippen MR) is 76.4 cm³/mol. The Morgan fingerprint density at radius 3 is 2.62 bits per heavy atom. The van der Waals surface area contributed by atoms with Crippen molar-refractivity contribution < 1.29 is 14.0 Å². The fourth-order valence-corrected chi connectivity index (χ4v) is 3.20. The second-order valence-electron chi connectivity index (χ2n) is 5.96. The van der Waals surface area contributed by atoms with Gasteiger partial charge in [0, 0.05) is 32.0 Å². The Kier molecular flexibility index (Phi) is 3.66. The maximum Gasteiger partial charge on any atom is 0.235 e. The van der Waals surface area contributed by atoms with E-state index in [1.807, 2.05) is 30.3 Å². The number of nitrogens with one attached hydrogen (secondary N) is 1. The largest absolute Gasteiger partial charge is 0.355 e. The van der Waals surface area contributed by atoms with Crippen LogP contribution >= 0.6 is 0 Å². The molecule has 0 saturated carbocycles. The van der Waals surface area contributed by atoms with Gasteiger partial charge >= 0.3 is 0 Å². The molecule has 1 N–H and O–H groups in total. The molecule has 5 heteroatoms. The number of hydrogen-bond donors (Lipinski definition) is 1. The van der Waals surface area contributed by atoms with Gasteiger partial charge in [-0.25, -0.2) is 0 Å². The molecule has 2 fully saturated rings. The quantitative estimate of drug-likeness (QED) is 0.911. The van der Waals surface area contributed by atoms with Crippen LogP contribution in [0.2, 0.25) is 0 Å². The summed E-state index contributed by atoms with van der Waals surface area (Å²) in [5, 5.41) is 2.82. The Balaban J connectivity index is 1.86. The number of carbonyl (C=O) groups excluding carboxylic acids is 2. The van der Waals surface area contributed by atoms with E-state index < -0.39 is 5.41 Å². The maximum atomic E-state index is 12.9. The summed E-state index contributed by atoms with van der Waals surface area (Å²) in [5.74, 6) is -0.0297. The molecule has 0 radical (unpaired) electrons. The fourth-order valence-electron chi connectivity index (χ4n) is 3.20. The van der Waals surface area contributed by atoms with E-state index in [9.17, 15) is 14.0 Å². The third kappa shape index (κ3) is 2.41. The Bertz CT molecular complexity index is 530. The summed E-state index contributed by atoms with van der Waals surface area (Å²) < 4.78 is 12.6. The first-order valence-electron chi connectivity index (χ1n) is 7.33. The van der Waals surface area contributed by atoms with Crippen LogP contribution in [0.15, 0.2) is 30.3 Å². The minimum atomic E-state index is -0.698. The maximum absolute atomic E-state index is 12.9. The van der Waals surface area contributed by atoms with Crippen molar-refractivity contribution in [2.45, 2.75) is 18.3 Å². The van der Waals surface area contributed by atoms with Gasteiger partial charge in [0.1, 0.15) is 0 Å². The minimum absolute atomic E-state index is 0.0124. The second-order valence-corrected chi connectivity index (χ2v) is 5.96. The average Bonchev–Trinajstić information content (AvgIpc) is 2.48.